The van der Waals surface area contributed by atoms with Crippen LogP contribution in [0.1, 0.15) is 5.56 Å². The van der Waals surface area contributed by atoms with Gasteiger partial charge in [-0.05, 0) is 12.0 Å². The van der Waals surface area contributed by atoms with Gasteiger partial charge in [-0.3, -0.25) is 9.48 Å². The number of nitrogens with zero attached hydrogens (tertiary/aromatic N) is 3. The molecule has 1 aromatic heterocycles. The van der Waals surface area contributed by atoms with Crippen LogP contribution in [0.5, 0.6) is 0 Å². The molecule has 2 heterocycles. The number of urea groups is 1. The van der Waals surface area contributed by atoms with Crippen LogP contribution in [0.2, 0.25) is 0 Å². The van der Waals surface area contributed by atoms with Gasteiger partial charge in [0, 0.05) is 32.9 Å². The highest BCUT2D eigenvalue weighted by Crippen LogP contribution is 2.15. The third-order valence-electron chi connectivity index (χ3n) is 2.97. The zero-order chi connectivity index (χ0) is 13.1. The summed E-state index contributed by atoms with van der Waals surface area (Å²) in [4.78, 5) is 23.7. The van der Waals surface area contributed by atoms with Gasteiger partial charge in [-0.15, -0.1) is 0 Å². The summed E-state index contributed by atoms with van der Waals surface area (Å²) in [6, 6.07) is -0.198. The summed E-state index contributed by atoms with van der Waals surface area (Å²) in [5, 5.41) is 15.5. The molecule has 0 aromatic carbocycles. The molecule has 2 rings (SSSR count). The van der Waals surface area contributed by atoms with E-state index in [1.807, 2.05) is 13.2 Å². The van der Waals surface area contributed by atoms with Crippen molar-refractivity contribution in [2.75, 3.05) is 19.6 Å². The summed E-state index contributed by atoms with van der Waals surface area (Å²) in [5.41, 5.74) is 1.06. The maximum atomic E-state index is 11.6. The van der Waals surface area contributed by atoms with Crippen molar-refractivity contribution in [3.8, 4) is 0 Å². The largest absolute Gasteiger partial charge is 0.481 e. The molecule has 0 bridgehead atoms. The second kappa shape index (κ2) is 5.07. The molecule has 18 heavy (non-hydrogen) atoms. The maximum absolute atomic E-state index is 11.6. The summed E-state index contributed by atoms with van der Waals surface area (Å²) in [7, 11) is 1.84. The number of carbonyl (C=O) groups is 2. The number of amides is 2. The second-order valence-electron chi connectivity index (χ2n) is 4.44. The van der Waals surface area contributed by atoms with Crippen molar-refractivity contribution in [3.05, 3.63) is 18.0 Å². The third kappa shape index (κ3) is 2.79. The summed E-state index contributed by atoms with van der Waals surface area (Å²) < 4.78 is 1.71. The molecule has 0 spiro atoms. The monoisotopic (exact) mass is 252 g/mol. The fourth-order valence-electron chi connectivity index (χ4n) is 1.83. The Morgan fingerprint density at radius 1 is 1.56 bits per heavy atom. The van der Waals surface area contributed by atoms with E-state index in [1.165, 1.54) is 4.90 Å². The van der Waals surface area contributed by atoms with E-state index in [9.17, 15) is 9.59 Å². The van der Waals surface area contributed by atoms with Gasteiger partial charge in [0.05, 0.1) is 12.1 Å². The van der Waals surface area contributed by atoms with Crippen LogP contribution in [0.25, 0.3) is 0 Å². The molecule has 1 aliphatic rings. The Bertz CT molecular complexity index is 451. The number of carbonyl (C=O) groups excluding carboxylic acids is 1. The Labute approximate surface area is 104 Å². The number of rotatable bonds is 4. The van der Waals surface area contributed by atoms with Crippen LogP contribution >= 0.6 is 0 Å². The molecule has 1 aromatic rings. The predicted octanol–water partition coefficient (Wildman–Crippen LogP) is -0.311. The molecule has 98 valence electrons. The van der Waals surface area contributed by atoms with E-state index >= 15 is 0 Å². The molecule has 1 aliphatic heterocycles. The van der Waals surface area contributed by atoms with E-state index < -0.39 is 11.9 Å². The molecule has 0 atom stereocenters. The first-order valence-electron chi connectivity index (χ1n) is 5.79. The predicted molar refractivity (Wildman–Crippen MR) is 63.0 cm³/mol. The molecule has 0 radical (unpaired) electrons. The highest BCUT2D eigenvalue weighted by atomic mass is 16.4. The molecule has 2 N–H and O–H groups in total. The number of nitrogens with one attached hydrogen (secondary N) is 1. The van der Waals surface area contributed by atoms with E-state index in [2.05, 4.69) is 10.4 Å². The second-order valence-corrected chi connectivity index (χ2v) is 4.44. The van der Waals surface area contributed by atoms with Crippen molar-refractivity contribution < 1.29 is 14.7 Å². The Morgan fingerprint density at radius 3 is 2.83 bits per heavy atom. The molecule has 1 saturated heterocycles. The highest BCUT2D eigenvalue weighted by molar-refractivity contribution is 5.79. The number of aryl methyl sites for hydroxylation is 1. The van der Waals surface area contributed by atoms with Gasteiger partial charge >= 0.3 is 12.0 Å². The molecule has 0 unspecified atom stereocenters. The lowest BCUT2D eigenvalue weighted by Gasteiger charge is -2.36. The minimum atomic E-state index is -0.839. The smallest absolute Gasteiger partial charge is 0.317 e. The van der Waals surface area contributed by atoms with Crippen LogP contribution in [-0.2, 0) is 18.3 Å². The lowest BCUT2D eigenvalue weighted by Crippen LogP contribution is -2.56. The zero-order valence-corrected chi connectivity index (χ0v) is 10.2. The summed E-state index contributed by atoms with van der Waals surface area (Å²) in [6.45, 7) is 1.13. The minimum absolute atomic E-state index is 0.198. The quantitative estimate of drug-likeness (QED) is 0.769. The number of aliphatic carboxylic acids is 1. The fourth-order valence-corrected chi connectivity index (χ4v) is 1.83. The van der Waals surface area contributed by atoms with Crippen molar-refractivity contribution in [2.45, 2.75) is 6.42 Å². The van der Waals surface area contributed by atoms with E-state index in [-0.39, 0.29) is 6.03 Å². The minimum Gasteiger partial charge on any atom is -0.481 e. The van der Waals surface area contributed by atoms with Gasteiger partial charge in [0.15, 0.2) is 0 Å². The first-order valence-corrected chi connectivity index (χ1v) is 5.79. The van der Waals surface area contributed by atoms with Gasteiger partial charge in [-0.25, -0.2) is 4.79 Å². The third-order valence-corrected chi connectivity index (χ3v) is 2.97. The Morgan fingerprint density at radius 2 is 2.28 bits per heavy atom. The van der Waals surface area contributed by atoms with Crippen molar-refractivity contribution in [1.29, 1.82) is 0 Å². The van der Waals surface area contributed by atoms with Crippen LogP contribution in [0, 0.1) is 5.92 Å². The van der Waals surface area contributed by atoms with E-state index in [1.54, 1.807) is 10.9 Å². The summed E-state index contributed by atoms with van der Waals surface area (Å²) in [6.07, 6.45) is 4.38. The van der Waals surface area contributed by atoms with Gasteiger partial charge in [0.1, 0.15) is 0 Å². The average molecular weight is 252 g/mol. The van der Waals surface area contributed by atoms with Gasteiger partial charge in [-0.1, -0.05) is 0 Å². The number of likely N-dealkylation sites (tertiary alicyclic amines) is 1. The number of carboxylic acid groups (broad SMARTS) is 1. The lowest BCUT2D eigenvalue weighted by molar-refractivity contribution is -0.146. The van der Waals surface area contributed by atoms with Crippen molar-refractivity contribution in [3.63, 3.8) is 0 Å². The zero-order valence-electron chi connectivity index (χ0n) is 10.2. The highest BCUT2D eigenvalue weighted by Gasteiger charge is 2.35. The van der Waals surface area contributed by atoms with Crippen molar-refractivity contribution >= 4 is 12.0 Å². The Hall–Kier alpha value is -2.05. The van der Waals surface area contributed by atoms with Crippen LogP contribution in [0.4, 0.5) is 4.79 Å². The molecule has 0 aliphatic carbocycles. The van der Waals surface area contributed by atoms with Gasteiger partial charge in [0.2, 0.25) is 0 Å². The number of carboxylic acids is 1. The first-order chi connectivity index (χ1) is 8.56. The summed E-state index contributed by atoms with van der Waals surface area (Å²) in [5.74, 6) is -1.25. The molecule has 0 saturated carbocycles. The van der Waals surface area contributed by atoms with Gasteiger partial charge in [-0.2, -0.15) is 5.10 Å². The molecule has 2 amide bonds. The lowest BCUT2D eigenvalue weighted by atomic mass is 10.0. The van der Waals surface area contributed by atoms with Crippen LogP contribution < -0.4 is 5.32 Å². The molecule has 7 heteroatoms. The Balaban J connectivity index is 1.66. The number of hydrogen-bond donors (Lipinski definition) is 2. The first kappa shape index (κ1) is 12.4. The van der Waals surface area contributed by atoms with E-state index in [4.69, 9.17) is 5.11 Å². The molecule has 7 nitrogen and oxygen atoms in total. The van der Waals surface area contributed by atoms with Crippen molar-refractivity contribution in [2.24, 2.45) is 13.0 Å². The van der Waals surface area contributed by atoms with E-state index in [0.29, 0.717) is 19.6 Å². The van der Waals surface area contributed by atoms with Gasteiger partial charge in [0.25, 0.3) is 0 Å². The van der Waals surface area contributed by atoms with Crippen molar-refractivity contribution in [1.82, 2.24) is 20.0 Å². The summed E-state index contributed by atoms with van der Waals surface area (Å²) >= 11 is 0. The number of hydrogen-bond acceptors (Lipinski definition) is 3. The van der Waals surface area contributed by atoms with Crippen LogP contribution in [-0.4, -0.2) is 51.4 Å². The van der Waals surface area contributed by atoms with Crippen LogP contribution in [0.15, 0.2) is 12.4 Å². The fraction of sp³-hybridized carbons (Fsp3) is 0.545. The SMILES string of the molecule is Cn1cc(CCNC(=O)N2CC(C(=O)O)C2)cn1. The van der Waals surface area contributed by atoms with Crippen LogP contribution in [0.3, 0.4) is 0 Å². The molecular formula is C11H16N4O3. The molecular weight excluding hydrogens is 236 g/mol. The topological polar surface area (TPSA) is 87.5 Å². The van der Waals surface area contributed by atoms with E-state index in [0.717, 1.165) is 12.0 Å². The maximum Gasteiger partial charge on any atom is 0.317 e. The normalized spacial score (nSPS) is 15.3. The Kier molecular flexibility index (Phi) is 3.50. The standard InChI is InChI=1S/C11H16N4O3/c1-14-5-8(4-13-14)2-3-12-11(18)15-6-9(7-15)10(16)17/h4-5,9H,2-3,6-7H2,1H3,(H,12,18)(H,16,17). The van der Waals surface area contributed by atoms with Gasteiger partial charge < -0.3 is 15.3 Å². The number of aromatic nitrogens is 2. The average Bonchev–Trinajstić information content (AvgIpc) is 2.61. The molecule has 1 fully saturated rings.